The van der Waals surface area contributed by atoms with Crippen molar-refractivity contribution in [1.82, 2.24) is 0 Å². The summed E-state index contributed by atoms with van der Waals surface area (Å²) in [6.45, 7) is 6.21. The lowest BCUT2D eigenvalue weighted by molar-refractivity contribution is -0.626. The van der Waals surface area contributed by atoms with Crippen molar-refractivity contribution in [2.45, 2.75) is 27.2 Å². The summed E-state index contributed by atoms with van der Waals surface area (Å²) in [5.74, 6) is 5.50. The van der Waals surface area contributed by atoms with Crippen molar-refractivity contribution in [2.24, 2.45) is 0 Å². The molecule has 2 aromatic rings. The first-order valence-corrected chi connectivity index (χ1v) is 7.25. The Kier molecular flexibility index (Phi) is 11.6. The molecule has 0 saturated carbocycles. The van der Waals surface area contributed by atoms with Gasteiger partial charge >= 0.3 is 5.13 Å². The van der Waals surface area contributed by atoms with Crippen molar-refractivity contribution >= 4 is 27.8 Å². The van der Waals surface area contributed by atoms with E-state index in [9.17, 15) is 0 Å². The van der Waals surface area contributed by atoms with Gasteiger partial charge in [-0.2, -0.15) is 0 Å². The highest BCUT2D eigenvalue weighted by molar-refractivity contribution is 7.15. The number of aromatic nitrogens is 2. The first-order chi connectivity index (χ1) is 8.47. The molecule has 0 fully saturated rings. The maximum Gasteiger partial charge on any atom is 0.355 e. The Labute approximate surface area is 148 Å². The van der Waals surface area contributed by atoms with Crippen molar-refractivity contribution < 1.29 is 48.7 Å². The van der Waals surface area contributed by atoms with Gasteiger partial charge in [0, 0.05) is 26.9 Å². The standard InChI is InChI=1S/C6H9NOS.C5H9N3S.2BrH/c1-5-6(2-3-8)9-4-7-5;1-3-4(2)9-5(6)8(3)7;;/h4,8H,2-3H2,1H3;6H,7H2,1-2H3;2*1H. The summed E-state index contributed by atoms with van der Waals surface area (Å²) in [6, 6.07) is 0. The number of aliphatic hydroxyl groups excluding tert-OH is 1. The third kappa shape index (κ3) is 6.04. The van der Waals surface area contributed by atoms with Crippen LogP contribution in [0.15, 0.2) is 5.51 Å². The number of rotatable bonds is 2. The number of hydrogen-bond donors (Lipinski definition) is 3. The number of nitrogens with two attached hydrogens (primary N) is 2. The molecule has 0 saturated heterocycles. The number of nitrogens with one attached hydrogen (secondary N) is 1. The predicted octanol–water partition coefficient (Wildman–Crippen LogP) is -5.64. The third-order valence-corrected chi connectivity index (χ3v) is 4.64. The molecule has 0 aliphatic rings. The molecule has 0 spiro atoms. The van der Waals surface area contributed by atoms with E-state index < -0.39 is 0 Å². The maximum atomic E-state index is 8.56. The number of thiazole rings is 2. The lowest BCUT2D eigenvalue weighted by Gasteiger charge is -1.86. The van der Waals surface area contributed by atoms with Gasteiger partial charge in [-0.15, -0.1) is 4.68 Å². The van der Waals surface area contributed by atoms with Gasteiger partial charge in [-0.05, 0) is 18.3 Å². The van der Waals surface area contributed by atoms with Crippen molar-refractivity contribution in [1.29, 1.82) is 0 Å². The van der Waals surface area contributed by atoms with Crippen molar-refractivity contribution in [3.05, 3.63) is 26.7 Å². The van der Waals surface area contributed by atoms with Gasteiger partial charge in [-0.3, -0.25) is 11.6 Å². The van der Waals surface area contributed by atoms with Crippen LogP contribution in [-0.4, -0.2) is 11.7 Å². The van der Waals surface area contributed by atoms with Crippen LogP contribution in [0.25, 0.3) is 0 Å². The van der Waals surface area contributed by atoms with E-state index in [1.165, 1.54) is 31.5 Å². The van der Waals surface area contributed by atoms with Gasteiger partial charge in [0.1, 0.15) is 5.69 Å². The smallest absolute Gasteiger partial charge is 0.355 e. The molecule has 9 heteroatoms. The molecule has 0 unspecified atom stereocenters. The average molecular weight is 448 g/mol. The highest BCUT2D eigenvalue weighted by atomic mass is 79.9. The molecule has 6 N–H and O–H groups in total. The third-order valence-electron chi connectivity index (χ3n) is 2.60. The number of aromatic amines is 1. The van der Waals surface area contributed by atoms with Crippen LogP contribution >= 0.6 is 22.7 Å². The van der Waals surface area contributed by atoms with E-state index in [-0.39, 0.29) is 40.6 Å². The Balaban J connectivity index is 0. The van der Waals surface area contributed by atoms with Crippen LogP contribution in [0.5, 0.6) is 0 Å². The summed E-state index contributed by atoms with van der Waals surface area (Å²) in [5.41, 5.74) is 9.64. The molecule has 0 radical (unpaired) electrons. The summed E-state index contributed by atoms with van der Waals surface area (Å²) in [5, 5.41) is 9.21. The van der Waals surface area contributed by atoms with Gasteiger partial charge in [0.2, 0.25) is 5.51 Å². The van der Waals surface area contributed by atoms with Crippen LogP contribution in [0.1, 0.15) is 21.1 Å². The van der Waals surface area contributed by atoms with E-state index in [4.69, 9.17) is 16.7 Å². The minimum atomic E-state index is 0. The topological polar surface area (TPSA) is 90.3 Å². The molecule has 0 aromatic carbocycles. The van der Waals surface area contributed by atoms with Crippen LogP contribution < -0.4 is 55.2 Å². The molecule has 2 heterocycles. The molecule has 0 atom stereocenters. The number of halogens is 2. The van der Waals surface area contributed by atoms with Crippen LogP contribution in [0.2, 0.25) is 0 Å². The normalized spacial score (nSPS) is 9.00. The first kappa shape index (κ1) is 22.1. The SMILES string of the molecule is Cc1[nH+]csc1CCO.Cc1sc(N)[n+](N)c1C.[Br-].[Br-]. The molecule has 2 rings (SSSR count). The number of anilines is 1. The van der Waals surface area contributed by atoms with Gasteiger partial charge in [0.15, 0.2) is 5.69 Å². The Morgan fingerprint density at radius 1 is 1.30 bits per heavy atom. The van der Waals surface area contributed by atoms with Gasteiger partial charge in [-0.25, -0.2) is 4.98 Å². The number of aliphatic hydroxyl groups is 1. The Morgan fingerprint density at radius 2 is 1.90 bits per heavy atom. The molecular formula is C11H20Br2N4OS2. The summed E-state index contributed by atoms with van der Waals surface area (Å²) in [6.07, 6.45) is 0.778. The number of aryl methyl sites for hydroxylation is 2. The summed E-state index contributed by atoms with van der Waals surface area (Å²) in [4.78, 5) is 5.48. The maximum absolute atomic E-state index is 8.56. The fourth-order valence-corrected chi connectivity index (χ4v) is 2.94. The fraction of sp³-hybridized carbons (Fsp3) is 0.455. The van der Waals surface area contributed by atoms with Crippen LogP contribution in [0.3, 0.4) is 0 Å². The number of nitrogen functional groups attached to an aromatic ring is 2. The lowest BCUT2D eigenvalue weighted by Crippen LogP contribution is -3.00. The summed E-state index contributed by atoms with van der Waals surface area (Å²) >= 11 is 3.17. The molecule has 5 nitrogen and oxygen atoms in total. The molecule has 0 amide bonds. The molecule has 20 heavy (non-hydrogen) atoms. The van der Waals surface area contributed by atoms with Crippen LogP contribution in [0, 0.1) is 20.8 Å². The van der Waals surface area contributed by atoms with E-state index in [0.717, 1.165) is 12.1 Å². The zero-order valence-electron chi connectivity index (χ0n) is 11.6. The van der Waals surface area contributed by atoms with Gasteiger partial charge < -0.3 is 39.1 Å². The molecule has 116 valence electrons. The van der Waals surface area contributed by atoms with E-state index in [1.807, 2.05) is 26.3 Å². The van der Waals surface area contributed by atoms with Crippen LogP contribution in [0.4, 0.5) is 5.13 Å². The van der Waals surface area contributed by atoms with Gasteiger partial charge in [0.05, 0.1) is 9.75 Å². The second-order valence-electron chi connectivity index (χ2n) is 3.85. The average Bonchev–Trinajstić information content (AvgIpc) is 2.82. The van der Waals surface area contributed by atoms with E-state index in [2.05, 4.69) is 4.98 Å². The van der Waals surface area contributed by atoms with Crippen LogP contribution in [-0.2, 0) is 6.42 Å². The minimum Gasteiger partial charge on any atom is -1.00 e. The van der Waals surface area contributed by atoms with E-state index >= 15 is 0 Å². The Bertz CT molecular complexity index is 494. The minimum absolute atomic E-state index is 0. The van der Waals surface area contributed by atoms with Gasteiger partial charge in [0.25, 0.3) is 0 Å². The largest absolute Gasteiger partial charge is 1.00 e. The number of H-pyrrole nitrogens is 1. The Hall–Kier alpha value is -0.220. The fourth-order valence-electron chi connectivity index (χ4n) is 1.32. The first-order valence-electron chi connectivity index (χ1n) is 5.55. The van der Waals surface area contributed by atoms with Crippen molar-refractivity contribution in [2.75, 3.05) is 18.2 Å². The molecule has 0 aliphatic carbocycles. The quantitative estimate of drug-likeness (QED) is 0.316. The highest BCUT2D eigenvalue weighted by Gasteiger charge is 2.10. The van der Waals surface area contributed by atoms with Crippen molar-refractivity contribution in [3.8, 4) is 0 Å². The van der Waals surface area contributed by atoms with E-state index in [0.29, 0.717) is 5.13 Å². The summed E-state index contributed by atoms with van der Waals surface area (Å²) < 4.78 is 1.50. The highest BCUT2D eigenvalue weighted by Crippen LogP contribution is 2.13. The molecule has 0 aliphatic heterocycles. The lowest BCUT2D eigenvalue weighted by atomic mass is 10.3. The molecule has 2 aromatic heterocycles. The zero-order valence-corrected chi connectivity index (χ0v) is 16.4. The summed E-state index contributed by atoms with van der Waals surface area (Å²) in [7, 11) is 0. The van der Waals surface area contributed by atoms with E-state index in [1.54, 1.807) is 11.3 Å². The molecule has 0 bridgehead atoms. The molecular weight excluding hydrogens is 428 g/mol. The van der Waals surface area contributed by atoms with Crippen molar-refractivity contribution in [3.63, 3.8) is 0 Å². The predicted molar refractivity (Wildman–Crippen MR) is 75.0 cm³/mol. The van der Waals surface area contributed by atoms with Gasteiger partial charge in [-0.1, -0.05) is 11.3 Å². The monoisotopic (exact) mass is 446 g/mol. The number of nitrogens with zero attached hydrogens (tertiary/aromatic N) is 1. The Morgan fingerprint density at radius 3 is 2.15 bits per heavy atom. The second kappa shape index (κ2) is 10.5. The zero-order chi connectivity index (χ0) is 13.7. The number of hydrogen-bond acceptors (Lipinski definition) is 5. The second-order valence-corrected chi connectivity index (χ2v) is 6.05.